The van der Waals surface area contributed by atoms with Gasteiger partial charge in [0.25, 0.3) is 0 Å². The Labute approximate surface area is 130 Å². The van der Waals surface area contributed by atoms with Crippen LogP contribution in [0.25, 0.3) is 0 Å². The van der Waals surface area contributed by atoms with Crippen molar-refractivity contribution in [3.05, 3.63) is 62.6 Å². The molecular formula is C17H19Cl2N. The van der Waals surface area contributed by atoms with Crippen LogP contribution in [-0.2, 0) is 0 Å². The van der Waals surface area contributed by atoms with E-state index in [0.717, 1.165) is 5.69 Å². The average Bonchev–Trinajstić information content (AvgIpc) is 2.37. The van der Waals surface area contributed by atoms with E-state index in [-0.39, 0.29) is 6.04 Å². The van der Waals surface area contributed by atoms with Gasteiger partial charge in [-0.25, -0.2) is 0 Å². The smallest absolute Gasteiger partial charge is 0.0652 e. The molecule has 0 aliphatic carbocycles. The third-order valence-electron chi connectivity index (χ3n) is 3.65. The summed E-state index contributed by atoms with van der Waals surface area (Å²) in [6.45, 7) is 8.56. The van der Waals surface area contributed by atoms with Crippen LogP contribution in [0.4, 0.5) is 5.69 Å². The highest BCUT2D eigenvalue weighted by molar-refractivity contribution is 6.36. The molecule has 3 heteroatoms. The first-order chi connectivity index (χ1) is 9.38. The molecule has 0 amide bonds. The molecule has 0 aromatic heterocycles. The van der Waals surface area contributed by atoms with Crippen molar-refractivity contribution in [2.45, 2.75) is 33.7 Å². The maximum absolute atomic E-state index is 6.21. The van der Waals surface area contributed by atoms with E-state index in [4.69, 9.17) is 23.2 Å². The van der Waals surface area contributed by atoms with Crippen molar-refractivity contribution >= 4 is 28.9 Å². The molecule has 1 nitrogen and oxygen atoms in total. The van der Waals surface area contributed by atoms with Crippen molar-refractivity contribution in [3.8, 4) is 0 Å². The van der Waals surface area contributed by atoms with Crippen LogP contribution in [-0.4, -0.2) is 0 Å². The second kappa shape index (κ2) is 6.07. The fourth-order valence-electron chi connectivity index (χ4n) is 2.37. The number of aryl methyl sites for hydroxylation is 3. The van der Waals surface area contributed by atoms with Gasteiger partial charge in [-0.15, -0.1) is 0 Å². The standard InChI is InChI=1S/C17H19Cl2N/c1-10-7-12(3)15(8-11(10)2)13(4)20-17-6-5-14(18)9-16(17)19/h5-9,13,20H,1-4H3. The zero-order valence-electron chi connectivity index (χ0n) is 12.2. The van der Waals surface area contributed by atoms with Gasteiger partial charge in [-0.1, -0.05) is 35.3 Å². The highest BCUT2D eigenvalue weighted by Crippen LogP contribution is 2.30. The second-order valence-corrected chi connectivity index (χ2v) is 6.13. The Morgan fingerprint density at radius 3 is 2.20 bits per heavy atom. The lowest BCUT2D eigenvalue weighted by atomic mass is 9.96. The number of hydrogen-bond donors (Lipinski definition) is 1. The maximum atomic E-state index is 6.21. The molecule has 0 fully saturated rings. The van der Waals surface area contributed by atoms with Gasteiger partial charge < -0.3 is 5.32 Å². The Hall–Kier alpha value is -1.18. The summed E-state index contributed by atoms with van der Waals surface area (Å²) in [6.07, 6.45) is 0. The summed E-state index contributed by atoms with van der Waals surface area (Å²) in [5.74, 6) is 0. The first-order valence-corrected chi connectivity index (χ1v) is 7.43. The van der Waals surface area contributed by atoms with E-state index in [1.165, 1.54) is 22.3 Å². The Morgan fingerprint density at radius 1 is 0.900 bits per heavy atom. The number of anilines is 1. The highest BCUT2D eigenvalue weighted by Gasteiger charge is 2.11. The van der Waals surface area contributed by atoms with Crippen molar-refractivity contribution in [2.24, 2.45) is 0 Å². The molecule has 0 radical (unpaired) electrons. The normalized spacial score (nSPS) is 12.3. The van der Waals surface area contributed by atoms with E-state index in [1.54, 1.807) is 6.07 Å². The Bertz CT molecular complexity index is 635. The Morgan fingerprint density at radius 2 is 1.55 bits per heavy atom. The van der Waals surface area contributed by atoms with Crippen LogP contribution < -0.4 is 5.32 Å². The van der Waals surface area contributed by atoms with Crippen LogP contribution >= 0.6 is 23.2 Å². The quantitative estimate of drug-likeness (QED) is 0.723. The topological polar surface area (TPSA) is 12.0 Å². The van der Waals surface area contributed by atoms with Crippen LogP contribution in [0.1, 0.15) is 35.2 Å². The Balaban J connectivity index is 2.28. The highest BCUT2D eigenvalue weighted by atomic mass is 35.5. The largest absolute Gasteiger partial charge is 0.377 e. The molecule has 2 rings (SSSR count). The molecule has 0 saturated heterocycles. The molecule has 1 unspecified atom stereocenters. The minimum Gasteiger partial charge on any atom is -0.377 e. The summed E-state index contributed by atoms with van der Waals surface area (Å²) in [5, 5.41) is 4.74. The van der Waals surface area contributed by atoms with E-state index in [9.17, 15) is 0 Å². The van der Waals surface area contributed by atoms with E-state index >= 15 is 0 Å². The Kier molecular flexibility index (Phi) is 4.62. The molecule has 0 bridgehead atoms. The molecule has 2 aromatic carbocycles. The number of benzene rings is 2. The van der Waals surface area contributed by atoms with Crippen LogP contribution in [0.15, 0.2) is 30.3 Å². The minimum atomic E-state index is 0.188. The van der Waals surface area contributed by atoms with Crippen LogP contribution in [0.5, 0.6) is 0 Å². The summed E-state index contributed by atoms with van der Waals surface area (Å²) in [6, 6.07) is 10.2. The van der Waals surface area contributed by atoms with Crippen molar-refractivity contribution in [1.29, 1.82) is 0 Å². The predicted octanol–water partition coefficient (Wildman–Crippen LogP) is 6.09. The minimum absolute atomic E-state index is 0.188. The summed E-state index contributed by atoms with van der Waals surface area (Å²) in [5.41, 5.74) is 6.11. The molecule has 0 heterocycles. The van der Waals surface area contributed by atoms with Gasteiger partial charge in [0.15, 0.2) is 0 Å². The number of rotatable bonds is 3. The lowest BCUT2D eigenvalue weighted by Crippen LogP contribution is -2.09. The molecule has 106 valence electrons. The third kappa shape index (κ3) is 3.28. The predicted molar refractivity (Wildman–Crippen MR) is 89.2 cm³/mol. The van der Waals surface area contributed by atoms with Gasteiger partial charge in [0.2, 0.25) is 0 Å². The van der Waals surface area contributed by atoms with Crippen molar-refractivity contribution in [1.82, 2.24) is 0 Å². The van der Waals surface area contributed by atoms with E-state index in [1.807, 2.05) is 12.1 Å². The third-order valence-corrected chi connectivity index (χ3v) is 4.20. The lowest BCUT2D eigenvalue weighted by molar-refractivity contribution is 0.870. The fraction of sp³-hybridized carbons (Fsp3) is 0.294. The van der Waals surface area contributed by atoms with Crippen molar-refractivity contribution in [2.75, 3.05) is 5.32 Å². The molecule has 1 N–H and O–H groups in total. The number of hydrogen-bond acceptors (Lipinski definition) is 1. The fourth-order valence-corrected chi connectivity index (χ4v) is 2.83. The SMILES string of the molecule is Cc1cc(C)c(C(C)Nc2ccc(Cl)cc2Cl)cc1C. The van der Waals surface area contributed by atoms with Gasteiger partial charge in [0.05, 0.1) is 10.7 Å². The molecular weight excluding hydrogens is 289 g/mol. The molecule has 1 atom stereocenters. The second-order valence-electron chi connectivity index (χ2n) is 5.28. The van der Waals surface area contributed by atoms with Crippen molar-refractivity contribution in [3.63, 3.8) is 0 Å². The van der Waals surface area contributed by atoms with Gasteiger partial charge in [-0.05, 0) is 68.1 Å². The molecule has 0 spiro atoms. The first kappa shape index (κ1) is 15.2. The average molecular weight is 308 g/mol. The number of halogens is 2. The van der Waals surface area contributed by atoms with Crippen LogP contribution in [0.3, 0.4) is 0 Å². The molecule has 0 saturated carbocycles. The summed E-state index contributed by atoms with van der Waals surface area (Å²) in [4.78, 5) is 0. The van der Waals surface area contributed by atoms with Gasteiger partial charge >= 0.3 is 0 Å². The van der Waals surface area contributed by atoms with Gasteiger partial charge in [0.1, 0.15) is 0 Å². The van der Waals surface area contributed by atoms with E-state index in [2.05, 4.69) is 45.1 Å². The van der Waals surface area contributed by atoms with Crippen LogP contribution in [0, 0.1) is 20.8 Å². The van der Waals surface area contributed by atoms with Crippen LogP contribution in [0.2, 0.25) is 10.0 Å². The summed E-state index contributed by atoms with van der Waals surface area (Å²) in [7, 11) is 0. The van der Waals surface area contributed by atoms with Gasteiger partial charge in [0, 0.05) is 11.1 Å². The van der Waals surface area contributed by atoms with Crippen molar-refractivity contribution < 1.29 is 0 Å². The zero-order chi connectivity index (χ0) is 14.9. The maximum Gasteiger partial charge on any atom is 0.0652 e. The number of nitrogens with one attached hydrogen (secondary N) is 1. The monoisotopic (exact) mass is 307 g/mol. The van der Waals surface area contributed by atoms with Gasteiger partial charge in [-0.2, -0.15) is 0 Å². The lowest BCUT2D eigenvalue weighted by Gasteiger charge is -2.20. The summed E-state index contributed by atoms with van der Waals surface area (Å²) < 4.78 is 0. The first-order valence-electron chi connectivity index (χ1n) is 6.68. The molecule has 2 aromatic rings. The van der Waals surface area contributed by atoms with E-state index < -0.39 is 0 Å². The molecule has 0 aliphatic heterocycles. The molecule has 20 heavy (non-hydrogen) atoms. The van der Waals surface area contributed by atoms with E-state index in [0.29, 0.717) is 10.0 Å². The zero-order valence-corrected chi connectivity index (χ0v) is 13.7. The summed E-state index contributed by atoms with van der Waals surface area (Å²) >= 11 is 12.1. The van der Waals surface area contributed by atoms with Gasteiger partial charge in [-0.3, -0.25) is 0 Å². The molecule has 0 aliphatic rings.